The van der Waals surface area contributed by atoms with E-state index in [9.17, 15) is 4.79 Å². The Morgan fingerprint density at radius 3 is 2.75 bits per heavy atom. The summed E-state index contributed by atoms with van der Waals surface area (Å²) in [6.45, 7) is 2.88. The zero-order chi connectivity index (χ0) is 14.6. The lowest BCUT2D eigenvalue weighted by molar-refractivity contribution is 0.0929. The minimum absolute atomic E-state index is 0.0251. The van der Waals surface area contributed by atoms with Gasteiger partial charge in [0.1, 0.15) is 5.69 Å². The highest BCUT2D eigenvalue weighted by Gasteiger charge is 2.29. The van der Waals surface area contributed by atoms with Crippen LogP contribution in [0.3, 0.4) is 0 Å². The van der Waals surface area contributed by atoms with E-state index in [2.05, 4.69) is 22.4 Å². The molecule has 0 aromatic carbocycles. The molecule has 0 spiro atoms. The highest BCUT2D eigenvalue weighted by atomic mass is 16.4. The molecule has 0 bridgehead atoms. The molecule has 6 nitrogen and oxygen atoms in total. The number of nitrogens with zero attached hydrogens (tertiary/aromatic N) is 2. The van der Waals surface area contributed by atoms with Gasteiger partial charge in [-0.1, -0.05) is 24.9 Å². The number of nitrogens with one attached hydrogen (secondary N) is 1. The topological polar surface area (TPSA) is 101 Å². The fourth-order valence-corrected chi connectivity index (χ4v) is 2.53. The number of amidine groups is 1. The maximum atomic E-state index is 12.0. The van der Waals surface area contributed by atoms with Crippen LogP contribution in [0.4, 0.5) is 0 Å². The normalized spacial score (nSPS) is 17.9. The molecule has 1 aromatic rings. The summed E-state index contributed by atoms with van der Waals surface area (Å²) in [7, 11) is 0. The van der Waals surface area contributed by atoms with E-state index in [4.69, 9.17) is 10.9 Å². The molecular formula is C14H20N4O2. The lowest BCUT2D eigenvalue weighted by atomic mass is 9.89. The van der Waals surface area contributed by atoms with Crippen LogP contribution in [0.2, 0.25) is 0 Å². The summed E-state index contributed by atoms with van der Waals surface area (Å²) >= 11 is 0. The number of hydrogen-bond donors (Lipinski definition) is 3. The van der Waals surface area contributed by atoms with Gasteiger partial charge in [0.15, 0.2) is 5.84 Å². The zero-order valence-corrected chi connectivity index (χ0v) is 11.6. The van der Waals surface area contributed by atoms with Gasteiger partial charge in [-0.15, -0.1) is 0 Å². The molecule has 1 amide bonds. The first-order chi connectivity index (χ1) is 9.54. The average molecular weight is 276 g/mol. The number of nitrogens with two attached hydrogens (primary N) is 1. The molecule has 1 saturated carbocycles. The minimum Gasteiger partial charge on any atom is -0.409 e. The van der Waals surface area contributed by atoms with E-state index in [1.807, 2.05) is 0 Å². The molecule has 1 heterocycles. The number of carbonyl (C=O) groups excluding carboxylic acids is 1. The number of carbonyl (C=O) groups is 1. The summed E-state index contributed by atoms with van der Waals surface area (Å²) < 4.78 is 0. The number of aromatic nitrogens is 1. The van der Waals surface area contributed by atoms with Crippen molar-refractivity contribution in [3.05, 3.63) is 29.6 Å². The minimum atomic E-state index is -0.191. The molecule has 0 unspecified atom stereocenters. The monoisotopic (exact) mass is 276 g/mol. The van der Waals surface area contributed by atoms with Crippen molar-refractivity contribution in [1.29, 1.82) is 0 Å². The average Bonchev–Trinajstić information content (AvgIpc) is 2.91. The van der Waals surface area contributed by atoms with E-state index < -0.39 is 0 Å². The van der Waals surface area contributed by atoms with Crippen LogP contribution in [0.5, 0.6) is 0 Å². The third-order valence-corrected chi connectivity index (χ3v) is 3.89. The summed E-state index contributed by atoms with van der Waals surface area (Å²) in [6.07, 6.45) is 6.20. The summed E-state index contributed by atoms with van der Waals surface area (Å²) in [5.74, 6) is -0.216. The van der Waals surface area contributed by atoms with Gasteiger partial charge in [0.2, 0.25) is 0 Å². The van der Waals surface area contributed by atoms with Gasteiger partial charge in [-0.25, -0.2) is 0 Å². The van der Waals surface area contributed by atoms with E-state index in [-0.39, 0.29) is 17.2 Å². The maximum Gasteiger partial charge on any atom is 0.269 e. The van der Waals surface area contributed by atoms with Gasteiger partial charge in [-0.3, -0.25) is 9.78 Å². The van der Waals surface area contributed by atoms with Crippen LogP contribution in [0.25, 0.3) is 0 Å². The summed E-state index contributed by atoms with van der Waals surface area (Å²) in [5.41, 5.74) is 6.46. The van der Waals surface area contributed by atoms with Crippen molar-refractivity contribution >= 4 is 11.7 Å². The van der Waals surface area contributed by atoms with Crippen LogP contribution in [0.1, 0.15) is 48.7 Å². The number of hydrogen-bond acceptors (Lipinski definition) is 4. The molecule has 2 rings (SSSR count). The molecule has 0 atom stereocenters. The van der Waals surface area contributed by atoms with E-state index >= 15 is 0 Å². The Morgan fingerprint density at radius 1 is 1.50 bits per heavy atom. The molecule has 1 fully saturated rings. The van der Waals surface area contributed by atoms with Gasteiger partial charge in [-0.05, 0) is 30.4 Å². The Morgan fingerprint density at radius 2 is 2.20 bits per heavy atom. The molecule has 0 aliphatic heterocycles. The number of rotatable bonds is 4. The third-order valence-electron chi connectivity index (χ3n) is 3.89. The summed E-state index contributed by atoms with van der Waals surface area (Å²) in [6, 6.07) is 3.17. The lowest BCUT2D eigenvalue weighted by Gasteiger charge is -2.23. The number of amides is 1. The molecular weight excluding hydrogens is 256 g/mol. The van der Waals surface area contributed by atoms with Gasteiger partial charge in [0, 0.05) is 18.3 Å². The fraction of sp³-hybridized carbons (Fsp3) is 0.500. The van der Waals surface area contributed by atoms with Gasteiger partial charge in [-0.2, -0.15) is 0 Å². The van der Waals surface area contributed by atoms with Crippen molar-refractivity contribution in [2.75, 3.05) is 6.54 Å². The highest BCUT2D eigenvalue weighted by Crippen LogP contribution is 2.36. The van der Waals surface area contributed by atoms with Gasteiger partial charge in [0.25, 0.3) is 5.91 Å². The largest absolute Gasteiger partial charge is 0.409 e. The first kappa shape index (κ1) is 14.3. The summed E-state index contributed by atoms with van der Waals surface area (Å²) in [5, 5.41) is 14.4. The predicted molar refractivity (Wildman–Crippen MR) is 75.7 cm³/mol. The Bertz CT molecular complexity index is 504. The SMILES string of the molecule is CC1(CNC(=O)c2ccc(C(N)=NO)cn2)CCCC1. The summed E-state index contributed by atoms with van der Waals surface area (Å²) in [4.78, 5) is 16.0. The number of oxime groups is 1. The van der Waals surface area contributed by atoms with Crippen LogP contribution < -0.4 is 11.1 Å². The second-order valence-electron chi connectivity index (χ2n) is 5.62. The molecule has 4 N–H and O–H groups in total. The molecule has 1 aromatic heterocycles. The molecule has 0 saturated heterocycles. The standard InChI is InChI=1S/C14H20N4O2/c1-14(6-2-3-7-14)9-17-13(19)11-5-4-10(8-16-11)12(15)18-20/h4-5,8,20H,2-3,6-7,9H2,1H3,(H2,15,18)(H,17,19). The Hall–Kier alpha value is -2.11. The smallest absolute Gasteiger partial charge is 0.269 e. The van der Waals surface area contributed by atoms with Crippen LogP contribution in [0.15, 0.2) is 23.5 Å². The van der Waals surface area contributed by atoms with Gasteiger partial charge >= 0.3 is 0 Å². The molecule has 1 aliphatic carbocycles. The van der Waals surface area contributed by atoms with Crippen molar-refractivity contribution < 1.29 is 10.0 Å². The second-order valence-corrected chi connectivity index (χ2v) is 5.62. The fourth-order valence-electron chi connectivity index (χ4n) is 2.53. The highest BCUT2D eigenvalue weighted by molar-refractivity contribution is 5.98. The Labute approximate surface area is 118 Å². The molecule has 6 heteroatoms. The van der Waals surface area contributed by atoms with Crippen LogP contribution in [0, 0.1) is 5.41 Å². The van der Waals surface area contributed by atoms with Crippen LogP contribution in [-0.2, 0) is 0 Å². The molecule has 20 heavy (non-hydrogen) atoms. The van der Waals surface area contributed by atoms with E-state index in [1.54, 1.807) is 12.1 Å². The van der Waals surface area contributed by atoms with Crippen molar-refractivity contribution in [3.63, 3.8) is 0 Å². The quantitative estimate of drug-likeness (QED) is 0.335. The van der Waals surface area contributed by atoms with Crippen molar-refractivity contribution in [3.8, 4) is 0 Å². The van der Waals surface area contributed by atoms with Crippen molar-refractivity contribution in [2.45, 2.75) is 32.6 Å². The van der Waals surface area contributed by atoms with Gasteiger partial charge in [0.05, 0.1) is 0 Å². The lowest BCUT2D eigenvalue weighted by Crippen LogP contribution is -2.34. The molecule has 108 valence electrons. The first-order valence-electron chi connectivity index (χ1n) is 6.76. The van der Waals surface area contributed by atoms with Crippen LogP contribution >= 0.6 is 0 Å². The maximum absolute atomic E-state index is 12.0. The van der Waals surface area contributed by atoms with E-state index in [0.29, 0.717) is 17.8 Å². The molecule has 0 radical (unpaired) electrons. The van der Waals surface area contributed by atoms with E-state index in [1.165, 1.54) is 19.0 Å². The van der Waals surface area contributed by atoms with E-state index in [0.717, 1.165) is 12.8 Å². The second kappa shape index (κ2) is 5.90. The Balaban J connectivity index is 1.95. The Kier molecular flexibility index (Phi) is 4.22. The van der Waals surface area contributed by atoms with Crippen molar-refractivity contribution in [1.82, 2.24) is 10.3 Å². The van der Waals surface area contributed by atoms with Crippen molar-refractivity contribution in [2.24, 2.45) is 16.3 Å². The molecule has 1 aliphatic rings. The third kappa shape index (κ3) is 3.26. The van der Waals surface area contributed by atoms with Gasteiger partial charge < -0.3 is 16.3 Å². The first-order valence-corrected chi connectivity index (χ1v) is 6.76. The van der Waals surface area contributed by atoms with Crippen LogP contribution in [-0.4, -0.2) is 28.5 Å². The number of pyridine rings is 1. The predicted octanol–water partition coefficient (Wildman–Crippen LogP) is 1.49. The zero-order valence-electron chi connectivity index (χ0n) is 11.6.